The molecule has 1 unspecified atom stereocenters. The lowest BCUT2D eigenvalue weighted by Crippen LogP contribution is -2.05. The molecule has 5 nitrogen and oxygen atoms in total. The molecule has 9 heteroatoms. The van der Waals surface area contributed by atoms with Crippen LogP contribution in [0.1, 0.15) is 19.7 Å². The van der Waals surface area contributed by atoms with E-state index in [1.165, 1.54) is 0 Å². The minimum absolute atomic E-state index is 0.138. The van der Waals surface area contributed by atoms with E-state index >= 15 is 0 Å². The molecule has 0 N–H and O–H groups in total. The van der Waals surface area contributed by atoms with Crippen LogP contribution in [-0.4, -0.2) is 15.4 Å². The highest BCUT2D eigenvalue weighted by Crippen LogP contribution is 2.29. The zero-order valence-corrected chi connectivity index (χ0v) is 12.4. The van der Waals surface area contributed by atoms with Gasteiger partial charge in [0.1, 0.15) is 0 Å². The number of benzene rings is 1. The summed E-state index contributed by atoms with van der Waals surface area (Å²) in [7, 11) is -0.593. The molecule has 0 aliphatic heterocycles. The van der Waals surface area contributed by atoms with Crippen LogP contribution in [-0.2, 0) is 16.9 Å². The third-order valence-electron chi connectivity index (χ3n) is 2.61. The first-order valence-electron chi connectivity index (χ1n) is 6.17. The summed E-state index contributed by atoms with van der Waals surface area (Å²) in [6.45, 7) is 3.87. The largest absolute Gasteiger partial charge is 0.471 e. The molecule has 0 aliphatic carbocycles. The van der Waals surface area contributed by atoms with Gasteiger partial charge in [-0.3, -0.25) is 0 Å². The molecule has 116 valence electrons. The smallest absolute Gasteiger partial charge is 0.329 e. The maximum atomic E-state index is 12.4. The molecule has 2 aromatic rings. The molecular formula is C13H11F3N4OS. The van der Waals surface area contributed by atoms with E-state index in [1.54, 1.807) is 30.5 Å². The molecule has 2 rings (SSSR count). The molecule has 1 aromatic heterocycles. The monoisotopic (exact) mass is 328 g/mol. The summed E-state index contributed by atoms with van der Waals surface area (Å²) in [5.74, 6) is -1.52. The lowest BCUT2D eigenvalue weighted by molar-refractivity contribution is -0.159. The number of rotatable bonds is 3. The number of aromatic nitrogens is 2. The number of hydrogen-bond acceptors (Lipinski definition) is 5. The average molecular weight is 328 g/mol. The minimum Gasteiger partial charge on any atom is -0.329 e. The maximum Gasteiger partial charge on any atom is 0.471 e. The van der Waals surface area contributed by atoms with Gasteiger partial charge in [0.25, 0.3) is 0 Å². The Balaban J connectivity index is 2.32. The molecule has 1 heterocycles. The Kier molecular flexibility index (Phi) is 4.61. The summed E-state index contributed by atoms with van der Waals surface area (Å²) >= 11 is 0. The van der Waals surface area contributed by atoms with Crippen LogP contribution in [0.15, 0.2) is 38.0 Å². The van der Waals surface area contributed by atoms with Crippen molar-refractivity contribution in [1.82, 2.24) is 10.1 Å². The Bertz CT molecular complexity index is 729. The lowest BCUT2D eigenvalue weighted by Gasteiger charge is -2.10. The Morgan fingerprint density at radius 2 is 1.91 bits per heavy atom. The molecule has 0 radical (unpaired) electrons. The molecule has 0 saturated heterocycles. The van der Waals surface area contributed by atoms with Crippen LogP contribution in [0.4, 0.5) is 13.2 Å². The topological polar surface area (TPSA) is 75.1 Å². The zero-order valence-electron chi connectivity index (χ0n) is 11.6. The summed E-state index contributed by atoms with van der Waals surface area (Å²) in [6, 6.07) is 6.55. The van der Waals surface area contributed by atoms with Gasteiger partial charge in [0.05, 0.1) is 0 Å². The van der Waals surface area contributed by atoms with Gasteiger partial charge >= 0.3 is 12.1 Å². The van der Waals surface area contributed by atoms with Gasteiger partial charge in [-0.1, -0.05) is 19.0 Å². The van der Waals surface area contributed by atoms with E-state index in [2.05, 4.69) is 19.0 Å². The Morgan fingerprint density at radius 3 is 2.36 bits per heavy atom. The van der Waals surface area contributed by atoms with Crippen LogP contribution < -0.4 is 0 Å². The van der Waals surface area contributed by atoms with Crippen LogP contribution in [0.2, 0.25) is 0 Å². The average Bonchev–Trinajstić information content (AvgIpc) is 2.94. The summed E-state index contributed by atoms with van der Waals surface area (Å²) < 4.78 is 45.3. The van der Waals surface area contributed by atoms with Crippen molar-refractivity contribution < 1.29 is 17.7 Å². The van der Waals surface area contributed by atoms with Crippen LogP contribution >= 0.6 is 0 Å². The quantitative estimate of drug-likeness (QED) is 0.803. The molecule has 1 atom stereocenters. The van der Waals surface area contributed by atoms with Crippen molar-refractivity contribution in [2.45, 2.75) is 30.2 Å². The highest BCUT2D eigenvalue weighted by Gasteiger charge is 2.38. The first-order valence-corrected chi connectivity index (χ1v) is 7.41. The van der Waals surface area contributed by atoms with E-state index < -0.39 is 22.8 Å². The summed E-state index contributed by atoms with van der Waals surface area (Å²) in [5.41, 5.74) is 0.396. The molecule has 1 aromatic carbocycles. The number of nitrogens with zero attached hydrogens (tertiary/aromatic N) is 4. The maximum absolute atomic E-state index is 12.4. The molecular weight excluding hydrogens is 317 g/mol. The minimum atomic E-state index is -4.67. The van der Waals surface area contributed by atoms with E-state index in [-0.39, 0.29) is 11.1 Å². The number of hydrogen-bond donors (Lipinski definition) is 0. The third kappa shape index (κ3) is 3.51. The van der Waals surface area contributed by atoms with Crippen LogP contribution in [0.3, 0.4) is 0 Å². The van der Waals surface area contributed by atoms with E-state index in [9.17, 15) is 13.2 Å². The van der Waals surface area contributed by atoms with Gasteiger partial charge in [0.2, 0.25) is 12.0 Å². The van der Waals surface area contributed by atoms with E-state index in [0.717, 1.165) is 4.90 Å². The van der Waals surface area contributed by atoms with Crippen LogP contribution in [0, 0.1) is 11.5 Å². The number of alkyl halides is 3. The first kappa shape index (κ1) is 16.2. The Labute approximate surface area is 126 Å². The predicted molar refractivity (Wildman–Crippen MR) is 73.5 cm³/mol. The van der Waals surface area contributed by atoms with Crippen molar-refractivity contribution in [3.8, 4) is 17.6 Å². The Morgan fingerprint density at radius 1 is 1.27 bits per heavy atom. The molecule has 0 aliphatic rings. The molecule has 0 bridgehead atoms. The van der Waals surface area contributed by atoms with E-state index in [1.807, 2.05) is 13.8 Å². The zero-order chi connectivity index (χ0) is 16.3. The number of halogens is 3. The van der Waals surface area contributed by atoms with Gasteiger partial charge in [-0.15, -0.1) is 4.36 Å². The van der Waals surface area contributed by atoms with Gasteiger partial charge in [-0.25, -0.2) is 0 Å². The second-order valence-corrected chi connectivity index (χ2v) is 6.73. The molecule has 0 saturated carbocycles. The lowest BCUT2D eigenvalue weighted by atomic mass is 10.2. The van der Waals surface area contributed by atoms with Gasteiger partial charge in [-0.05, 0) is 35.0 Å². The molecule has 0 fully saturated rings. The summed E-state index contributed by atoms with van der Waals surface area (Å²) in [6.07, 6.45) is -2.88. The predicted octanol–water partition coefficient (Wildman–Crippen LogP) is 3.81. The Hall–Kier alpha value is -2.21. The van der Waals surface area contributed by atoms with Gasteiger partial charge in [0, 0.05) is 15.7 Å². The highest BCUT2D eigenvalue weighted by atomic mass is 32.2. The van der Waals surface area contributed by atoms with Crippen LogP contribution in [0.5, 0.6) is 0 Å². The van der Waals surface area contributed by atoms with Crippen molar-refractivity contribution in [2.75, 3.05) is 0 Å². The second-order valence-electron chi connectivity index (χ2n) is 4.50. The second kappa shape index (κ2) is 6.27. The first-order chi connectivity index (χ1) is 10.3. The normalized spacial score (nSPS) is 13.3. The fraction of sp³-hybridized carbons (Fsp3) is 0.308. The van der Waals surface area contributed by atoms with Crippen molar-refractivity contribution in [1.29, 1.82) is 5.26 Å². The standard InChI is InChI=1S/C13H11F3N4OS/c1-8(2)22(18-7-17)10-5-3-9(4-6-10)11-19-12(21-20-11)13(14,15)16/h3-6,8H,1-2H3. The number of nitriles is 1. The van der Waals surface area contributed by atoms with Gasteiger partial charge in [-0.2, -0.15) is 23.4 Å². The van der Waals surface area contributed by atoms with Crippen molar-refractivity contribution in [3.05, 3.63) is 30.2 Å². The van der Waals surface area contributed by atoms with Crippen LogP contribution in [0.25, 0.3) is 11.4 Å². The molecule has 22 heavy (non-hydrogen) atoms. The van der Waals surface area contributed by atoms with Gasteiger partial charge < -0.3 is 4.52 Å². The van der Waals surface area contributed by atoms with Gasteiger partial charge in [0.15, 0.2) is 0 Å². The third-order valence-corrected chi connectivity index (χ3v) is 4.53. The fourth-order valence-corrected chi connectivity index (χ4v) is 3.04. The highest BCUT2D eigenvalue weighted by molar-refractivity contribution is 7.88. The van der Waals surface area contributed by atoms with E-state index in [0.29, 0.717) is 5.56 Å². The van der Waals surface area contributed by atoms with Crippen molar-refractivity contribution >= 4 is 10.7 Å². The summed E-state index contributed by atoms with van der Waals surface area (Å²) in [5, 5.41) is 12.2. The molecule has 0 spiro atoms. The molecule has 0 amide bonds. The van der Waals surface area contributed by atoms with Crippen molar-refractivity contribution in [3.63, 3.8) is 0 Å². The fourth-order valence-electron chi connectivity index (χ4n) is 1.67. The van der Waals surface area contributed by atoms with E-state index in [4.69, 9.17) is 5.26 Å². The summed E-state index contributed by atoms with van der Waals surface area (Å²) in [4.78, 5) is 4.14. The van der Waals surface area contributed by atoms with Crippen molar-refractivity contribution in [2.24, 2.45) is 4.36 Å². The SMILES string of the molecule is CC(C)S(=NC#N)c1ccc(-c2noc(C(F)(F)F)n2)cc1.